The summed E-state index contributed by atoms with van der Waals surface area (Å²) >= 11 is 0. The molecule has 0 saturated carbocycles. The van der Waals surface area contributed by atoms with E-state index >= 15 is 0 Å². The largest absolute Gasteiger partial charge is 0.352 e. The lowest BCUT2D eigenvalue weighted by molar-refractivity contribution is -0.126. The van der Waals surface area contributed by atoms with Gasteiger partial charge in [-0.25, -0.2) is 0 Å². The molecule has 1 saturated heterocycles. The number of nitrogens with zero attached hydrogens (tertiary/aromatic N) is 1. The predicted octanol–water partition coefficient (Wildman–Crippen LogP) is 1.61. The van der Waals surface area contributed by atoms with Crippen LogP contribution in [0.15, 0.2) is 0 Å². The van der Waals surface area contributed by atoms with Gasteiger partial charge in [0, 0.05) is 32.2 Å². The predicted molar refractivity (Wildman–Crippen MR) is 80.2 cm³/mol. The van der Waals surface area contributed by atoms with Crippen molar-refractivity contribution in [3.8, 4) is 0 Å². The molecule has 19 heavy (non-hydrogen) atoms. The second-order valence-corrected chi connectivity index (χ2v) is 6.20. The third-order valence-corrected chi connectivity index (χ3v) is 3.89. The molecule has 0 aromatic carbocycles. The second-order valence-electron chi connectivity index (χ2n) is 6.20. The molecule has 4 nitrogen and oxygen atoms in total. The van der Waals surface area contributed by atoms with Crippen LogP contribution < -0.4 is 10.6 Å². The molecule has 1 aliphatic rings. The van der Waals surface area contributed by atoms with Crippen molar-refractivity contribution in [2.45, 2.75) is 59.0 Å². The highest BCUT2D eigenvalue weighted by atomic mass is 16.2. The van der Waals surface area contributed by atoms with Gasteiger partial charge in [-0.2, -0.15) is 0 Å². The van der Waals surface area contributed by atoms with Gasteiger partial charge < -0.3 is 10.6 Å². The number of piperazine rings is 1. The zero-order valence-corrected chi connectivity index (χ0v) is 13.0. The molecule has 0 spiro atoms. The van der Waals surface area contributed by atoms with Crippen LogP contribution >= 0.6 is 0 Å². The van der Waals surface area contributed by atoms with Crippen LogP contribution in [0.5, 0.6) is 0 Å². The minimum atomic E-state index is -0.00495. The summed E-state index contributed by atoms with van der Waals surface area (Å²) in [6.07, 6.45) is 3.52. The van der Waals surface area contributed by atoms with Crippen molar-refractivity contribution in [1.82, 2.24) is 15.5 Å². The van der Waals surface area contributed by atoms with Gasteiger partial charge in [-0.1, -0.05) is 26.7 Å². The molecule has 2 unspecified atom stereocenters. The van der Waals surface area contributed by atoms with Gasteiger partial charge in [-0.15, -0.1) is 0 Å². The van der Waals surface area contributed by atoms with E-state index in [1.807, 2.05) is 6.92 Å². The smallest absolute Gasteiger partial charge is 0.237 e. The molecular weight excluding hydrogens is 238 g/mol. The van der Waals surface area contributed by atoms with Crippen LogP contribution in [0.25, 0.3) is 0 Å². The zero-order chi connectivity index (χ0) is 14.3. The molecule has 1 amide bonds. The Morgan fingerprint density at radius 3 is 2.37 bits per heavy atom. The Bertz CT molecular complexity index is 262. The molecule has 0 aromatic rings. The van der Waals surface area contributed by atoms with Gasteiger partial charge in [0.15, 0.2) is 0 Å². The lowest BCUT2D eigenvalue weighted by atomic mass is 10.0. The highest BCUT2D eigenvalue weighted by molar-refractivity contribution is 5.81. The van der Waals surface area contributed by atoms with Gasteiger partial charge in [0.25, 0.3) is 0 Å². The van der Waals surface area contributed by atoms with Gasteiger partial charge in [0.05, 0.1) is 6.04 Å². The molecule has 0 radical (unpaired) electrons. The van der Waals surface area contributed by atoms with Crippen LogP contribution in [0.1, 0.15) is 47.0 Å². The molecule has 1 fully saturated rings. The van der Waals surface area contributed by atoms with Crippen molar-refractivity contribution in [1.29, 1.82) is 0 Å². The zero-order valence-electron chi connectivity index (χ0n) is 13.0. The van der Waals surface area contributed by atoms with Crippen LogP contribution in [-0.2, 0) is 4.79 Å². The van der Waals surface area contributed by atoms with Crippen LogP contribution in [-0.4, -0.2) is 49.1 Å². The van der Waals surface area contributed by atoms with Gasteiger partial charge in [0.2, 0.25) is 5.91 Å². The number of amides is 1. The van der Waals surface area contributed by atoms with E-state index in [2.05, 4.69) is 36.3 Å². The molecule has 0 bridgehead atoms. The number of nitrogens with one attached hydrogen (secondary N) is 2. The molecule has 0 aliphatic carbocycles. The topological polar surface area (TPSA) is 44.4 Å². The lowest BCUT2D eigenvalue weighted by Gasteiger charge is -2.32. The number of carbonyl (C=O) groups is 1. The highest BCUT2D eigenvalue weighted by Gasteiger charge is 2.23. The second kappa shape index (κ2) is 8.54. The maximum Gasteiger partial charge on any atom is 0.237 e. The van der Waals surface area contributed by atoms with Gasteiger partial charge in [-0.3, -0.25) is 9.69 Å². The van der Waals surface area contributed by atoms with E-state index in [1.54, 1.807) is 0 Å². The summed E-state index contributed by atoms with van der Waals surface area (Å²) in [6.45, 7) is 12.5. The van der Waals surface area contributed by atoms with Crippen molar-refractivity contribution in [2.75, 3.05) is 26.2 Å². The van der Waals surface area contributed by atoms with E-state index in [1.165, 1.54) is 12.8 Å². The summed E-state index contributed by atoms with van der Waals surface area (Å²) in [7, 11) is 0. The first-order valence-electron chi connectivity index (χ1n) is 7.76. The minimum Gasteiger partial charge on any atom is -0.352 e. The Morgan fingerprint density at radius 1 is 1.16 bits per heavy atom. The Balaban J connectivity index is 2.24. The van der Waals surface area contributed by atoms with Crippen LogP contribution in [0, 0.1) is 5.92 Å². The minimum absolute atomic E-state index is 0.00495. The summed E-state index contributed by atoms with van der Waals surface area (Å²) in [4.78, 5) is 14.4. The van der Waals surface area contributed by atoms with Crippen LogP contribution in [0.3, 0.4) is 0 Å². The Labute approximate surface area is 118 Å². The van der Waals surface area contributed by atoms with E-state index in [0.717, 1.165) is 38.5 Å². The fourth-order valence-corrected chi connectivity index (χ4v) is 2.50. The Morgan fingerprint density at radius 2 is 1.79 bits per heavy atom. The van der Waals surface area contributed by atoms with E-state index < -0.39 is 0 Å². The van der Waals surface area contributed by atoms with Crippen molar-refractivity contribution >= 4 is 5.91 Å². The Kier molecular flexibility index (Phi) is 7.39. The first-order valence-corrected chi connectivity index (χ1v) is 7.76. The summed E-state index contributed by atoms with van der Waals surface area (Å²) in [6, 6.07) is 0.284. The first-order chi connectivity index (χ1) is 9.00. The Hall–Kier alpha value is -0.610. The summed E-state index contributed by atoms with van der Waals surface area (Å²) in [5, 5.41) is 6.46. The van der Waals surface area contributed by atoms with E-state index in [0.29, 0.717) is 0 Å². The van der Waals surface area contributed by atoms with Crippen LogP contribution in [0.2, 0.25) is 0 Å². The fourth-order valence-electron chi connectivity index (χ4n) is 2.50. The molecule has 1 heterocycles. The van der Waals surface area contributed by atoms with Crippen molar-refractivity contribution < 1.29 is 4.79 Å². The van der Waals surface area contributed by atoms with Crippen molar-refractivity contribution in [2.24, 2.45) is 5.92 Å². The summed E-state index contributed by atoms with van der Waals surface area (Å²) < 4.78 is 0. The van der Waals surface area contributed by atoms with E-state index in [-0.39, 0.29) is 18.0 Å². The maximum absolute atomic E-state index is 12.2. The molecule has 0 aromatic heterocycles. The third-order valence-electron chi connectivity index (χ3n) is 3.89. The van der Waals surface area contributed by atoms with Gasteiger partial charge in [0.1, 0.15) is 0 Å². The SMILES string of the molecule is CC(C)CCCC(C)NC(=O)C(C)N1CCNCC1. The average molecular weight is 269 g/mol. The highest BCUT2D eigenvalue weighted by Crippen LogP contribution is 2.09. The monoisotopic (exact) mass is 269 g/mol. The lowest BCUT2D eigenvalue weighted by Crippen LogP contribution is -2.53. The quantitative estimate of drug-likeness (QED) is 0.738. The molecule has 2 atom stereocenters. The summed E-state index contributed by atoms with van der Waals surface area (Å²) in [5.41, 5.74) is 0. The average Bonchev–Trinajstić information content (AvgIpc) is 2.38. The number of hydrogen-bond acceptors (Lipinski definition) is 3. The number of rotatable bonds is 7. The van der Waals surface area contributed by atoms with Gasteiger partial charge in [-0.05, 0) is 26.2 Å². The number of hydrogen-bond donors (Lipinski definition) is 2. The van der Waals surface area contributed by atoms with Gasteiger partial charge >= 0.3 is 0 Å². The normalized spacial score (nSPS) is 20.3. The molecule has 2 N–H and O–H groups in total. The molecule has 1 aliphatic heterocycles. The standard InChI is InChI=1S/C15H31N3O/c1-12(2)6-5-7-13(3)17-15(19)14(4)18-10-8-16-9-11-18/h12-14,16H,5-11H2,1-4H3,(H,17,19). The number of carbonyl (C=O) groups excluding carboxylic acids is 1. The molecule has 1 rings (SSSR count). The van der Waals surface area contributed by atoms with E-state index in [9.17, 15) is 4.79 Å². The fraction of sp³-hybridized carbons (Fsp3) is 0.933. The molecule has 4 heteroatoms. The first kappa shape index (κ1) is 16.4. The molecule has 112 valence electrons. The van der Waals surface area contributed by atoms with Crippen molar-refractivity contribution in [3.05, 3.63) is 0 Å². The third kappa shape index (κ3) is 6.39. The van der Waals surface area contributed by atoms with Crippen LogP contribution in [0.4, 0.5) is 0 Å². The summed E-state index contributed by atoms with van der Waals surface area (Å²) in [5.74, 6) is 0.932. The molecular formula is C15H31N3O. The van der Waals surface area contributed by atoms with E-state index in [4.69, 9.17) is 0 Å². The van der Waals surface area contributed by atoms with Crippen molar-refractivity contribution in [3.63, 3.8) is 0 Å². The maximum atomic E-state index is 12.2.